The molecule has 0 heterocycles. The molecule has 2 nitrogen and oxygen atoms in total. The van der Waals surface area contributed by atoms with Gasteiger partial charge in [0.05, 0.1) is 12.1 Å². The minimum atomic E-state index is 0.00297. The van der Waals surface area contributed by atoms with E-state index < -0.39 is 0 Å². The quantitative estimate of drug-likeness (QED) is 0.786. The van der Waals surface area contributed by atoms with Crippen molar-refractivity contribution in [1.29, 1.82) is 0 Å². The second-order valence-electron chi connectivity index (χ2n) is 5.13. The lowest BCUT2D eigenvalue weighted by Gasteiger charge is -2.09. The average Bonchev–Trinajstić information content (AvgIpc) is 2.48. The normalized spacial score (nSPS) is 10.4. The van der Waals surface area contributed by atoms with Crippen molar-refractivity contribution in [3.05, 3.63) is 64.1 Å². The number of amides is 1. The van der Waals surface area contributed by atoms with Gasteiger partial charge in [0, 0.05) is 4.47 Å². The van der Waals surface area contributed by atoms with Crippen LogP contribution in [0.4, 0.5) is 5.69 Å². The van der Waals surface area contributed by atoms with Gasteiger partial charge in [-0.2, -0.15) is 0 Å². The van der Waals surface area contributed by atoms with Gasteiger partial charge in [-0.05, 0) is 52.0 Å². The van der Waals surface area contributed by atoms with E-state index in [4.69, 9.17) is 0 Å². The standard InChI is InChI=1S/C18H20BrNO/c1-2-3-7-15-10-11-17(16(19)12-15)20-18(21)13-14-8-5-4-6-9-14/h4-6,8-12H,2-3,7,13H2,1H3,(H,20,21). The van der Waals surface area contributed by atoms with Crippen LogP contribution in [0.25, 0.3) is 0 Å². The minimum Gasteiger partial charge on any atom is -0.325 e. The molecule has 0 saturated carbocycles. The van der Waals surface area contributed by atoms with Crippen LogP contribution in [0.2, 0.25) is 0 Å². The second-order valence-corrected chi connectivity index (χ2v) is 5.98. The SMILES string of the molecule is CCCCc1ccc(NC(=O)Cc2ccccc2)c(Br)c1. The molecule has 1 N–H and O–H groups in total. The van der Waals surface area contributed by atoms with Gasteiger partial charge in [-0.3, -0.25) is 4.79 Å². The van der Waals surface area contributed by atoms with Crippen LogP contribution in [0.1, 0.15) is 30.9 Å². The van der Waals surface area contributed by atoms with Crippen molar-refractivity contribution in [3.8, 4) is 0 Å². The van der Waals surface area contributed by atoms with Crippen LogP contribution >= 0.6 is 15.9 Å². The van der Waals surface area contributed by atoms with Crippen LogP contribution in [-0.4, -0.2) is 5.91 Å². The molecule has 0 aliphatic heterocycles. The molecule has 0 unspecified atom stereocenters. The summed E-state index contributed by atoms with van der Waals surface area (Å²) in [6, 6.07) is 15.9. The lowest BCUT2D eigenvalue weighted by molar-refractivity contribution is -0.115. The number of benzene rings is 2. The zero-order valence-electron chi connectivity index (χ0n) is 12.2. The van der Waals surface area contributed by atoms with Gasteiger partial charge < -0.3 is 5.32 Å². The Balaban J connectivity index is 1.97. The first kappa shape index (κ1) is 15.8. The molecule has 0 saturated heterocycles. The van der Waals surface area contributed by atoms with Crippen LogP contribution in [-0.2, 0) is 17.6 Å². The van der Waals surface area contributed by atoms with Crippen molar-refractivity contribution in [3.63, 3.8) is 0 Å². The Hall–Kier alpha value is -1.61. The number of rotatable bonds is 6. The second kappa shape index (κ2) is 7.99. The van der Waals surface area contributed by atoms with Crippen LogP contribution in [0, 0.1) is 0 Å². The molecule has 0 spiro atoms. The number of carbonyl (C=O) groups is 1. The van der Waals surface area contributed by atoms with Gasteiger partial charge in [0.25, 0.3) is 0 Å². The fourth-order valence-corrected chi connectivity index (χ4v) is 2.70. The summed E-state index contributed by atoms with van der Waals surface area (Å²) in [5.41, 5.74) is 3.15. The molecular weight excluding hydrogens is 326 g/mol. The van der Waals surface area contributed by atoms with Crippen LogP contribution in [0.15, 0.2) is 53.0 Å². The molecule has 2 aromatic rings. The summed E-state index contributed by atoms with van der Waals surface area (Å²) in [4.78, 5) is 12.1. The van der Waals surface area contributed by atoms with E-state index in [1.54, 1.807) is 0 Å². The van der Waals surface area contributed by atoms with E-state index in [9.17, 15) is 4.79 Å². The van der Waals surface area contributed by atoms with Crippen molar-refractivity contribution in [1.82, 2.24) is 0 Å². The summed E-state index contributed by atoms with van der Waals surface area (Å²) >= 11 is 3.54. The highest BCUT2D eigenvalue weighted by atomic mass is 79.9. The number of nitrogens with one attached hydrogen (secondary N) is 1. The Morgan fingerprint density at radius 2 is 1.86 bits per heavy atom. The summed E-state index contributed by atoms with van der Waals surface area (Å²) in [7, 11) is 0. The van der Waals surface area contributed by atoms with Crippen LogP contribution in [0.5, 0.6) is 0 Å². The Morgan fingerprint density at radius 3 is 2.52 bits per heavy atom. The molecular formula is C18H20BrNO. The molecule has 3 heteroatoms. The molecule has 0 aliphatic carbocycles. The summed E-state index contributed by atoms with van der Waals surface area (Å²) in [5, 5.41) is 2.96. The number of halogens is 1. The molecule has 0 atom stereocenters. The molecule has 1 amide bonds. The van der Waals surface area contributed by atoms with Crippen molar-refractivity contribution in [2.75, 3.05) is 5.32 Å². The average molecular weight is 346 g/mol. The van der Waals surface area contributed by atoms with Crippen LogP contribution < -0.4 is 5.32 Å². The fourth-order valence-electron chi connectivity index (χ4n) is 2.17. The Morgan fingerprint density at radius 1 is 1.10 bits per heavy atom. The zero-order valence-corrected chi connectivity index (χ0v) is 13.8. The predicted molar refractivity (Wildman–Crippen MR) is 91.5 cm³/mol. The maximum atomic E-state index is 12.1. The lowest BCUT2D eigenvalue weighted by Crippen LogP contribution is -2.14. The molecule has 0 aromatic heterocycles. The zero-order chi connectivity index (χ0) is 15.1. The summed E-state index contributed by atoms with van der Waals surface area (Å²) < 4.78 is 0.942. The predicted octanol–water partition coefficient (Wildman–Crippen LogP) is 4.97. The van der Waals surface area contributed by atoms with E-state index in [2.05, 4.69) is 40.3 Å². The molecule has 2 rings (SSSR count). The highest BCUT2D eigenvalue weighted by molar-refractivity contribution is 9.10. The largest absolute Gasteiger partial charge is 0.325 e. The number of anilines is 1. The van der Waals surface area contributed by atoms with Crippen LogP contribution in [0.3, 0.4) is 0 Å². The minimum absolute atomic E-state index is 0.00297. The maximum absolute atomic E-state index is 12.1. The first-order chi connectivity index (χ1) is 10.2. The molecule has 0 fully saturated rings. The van der Waals surface area contributed by atoms with Gasteiger partial charge in [0.15, 0.2) is 0 Å². The number of hydrogen-bond donors (Lipinski definition) is 1. The highest BCUT2D eigenvalue weighted by Crippen LogP contribution is 2.24. The van der Waals surface area contributed by atoms with Crippen molar-refractivity contribution in [2.24, 2.45) is 0 Å². The molecule has 21 heavy (non-hydrogen) atoms. The molecule has 0 aliphatic rings. The maximum Gasteiger partial charge on any atom is 0.228 e. The highest BCUT2D eigenvalue weighted by Gasteiger charge is 2.07. The van der Waals surface area contributed by atoms with Crippen molar-refractivity contribution >= 4 is 27.5 Å². The number of aryl methyl sites for hydroxylation is 1. The number of unbranched alkanes of at least 4 members (excludes halogenated alkanes) is 1. The molecule has 0 bridgehead atoms. The molecule has 2 aromatic carbocycles. The van der Waals surface area contributed by atoms with Gasteiger partial charge >= 0.3 is 0 Å². The smallest absolute Gasteiger partial charge is 0.228 e. The van der Waals surface area contributed by atoms with Gasteiger partial charge in [-0.15, -0.1) is 0 Å². The van der Waals surface area contributed by atoms with E-state index in [1.165, 1.54) is 18.4 Å². The Kier molecular flexibility index (Phi) is 6.00. The topological polar surface area (TPSA) is 29.1 Å². The first-order valence-corrected chi connectivity index (χ1v) is 8.10. The number of carbonyl (C=O) groups excluding carboxylic acids is 1. The third-order valence-electron chi connectivity index (χ3n) is 3.33. The van der Waals surface area contributed by atoms with Crippen molar-refractivity contribution in [2.45, 2.75) is 32.6 Å². The molecule has 110 valence electrons. The third kappa shape index (κ3) is 5.01. The lowest BCUT2D eigenvalue weighted by atomic mass is 10.1. The Bertz CT molecular complexity index is 595. The summed E-state index contributed by atoms with van der Waals surface area (Å²) in [6.45, 7) is 2.19. The van der Waals surface area contributed by atoms with Gasteiger partial charge in [0.2, 0.25) is 5.91 Å². The van der Waals surface area contributed by atoms with E-state index >= 15 is 0 Å². The number of hydrogen-bond acceptors (Lipinski definition) is 1. The summed E-state index contributed by atoms with van der Waals surface area (Å²) in [6.07, 6.45) is 3.84. The van der Waals surface area contributed by atoms with E-state index in [-0.39, 0.29) is 5.91 Å². The monoisotopic (exact) mass is 345 g/mol. The van der Waals surface area contributed by atoms with Gasteiger partial charge in [-0.1, -0.05) is 49.7 Å². The van der Waals surface area contributed by atoms with E-state index in [1.807, 2.05) is 36.4 Å². The van der Waals surface area contributed by atoms with Gasteiger partial charge in [-0.25, -0.2) is 0 Å². The van der Waals surface area contributed by atoms with E-state index in [0.29, 0.717) is 6.42 Å². The fraction of sp³-hybridized carbons (Fsp3) is 0.278. The summed E-state index contributed by atoms with van der Waals surface area (Å²) in [5.74, 6) is 0.00297. The van der Waals surface area contributed by atoms with Crippen molar-refractivity contribution < 1.29 is 4.79 Å². The molecule has 0 radical (unpaired) electrons. The van der Waals surface area contributed by atoms with Gasteiger partial charge in [0.1, 0.15) is 0 Å². The first-order valence-electron chi connectivity index (χ1n) is 7.31. The van der Waals surface area contributed by atoms with E-state index in [0.717, 1.165) is 22.1 Å². The Labute approximate surface area is 134 Å². The third-order valence-corrected chi connectivity index (χ3v) is 3.99.